The fraction of sp³-hybridized carbons (Fsp3) is 0.0566. The van der Waals surface area contributed by atoms with Crippen molar-refractivity contribution in [1.29, 1.82) is 0 Å². The highest BCUT2D eigenvalue weighted by Crippen LogP contribution is 2.55. The van der Waals surface area contributed by atoms with E-state index in [1.54, 1.807) is 0 Å². The lowest BCUT2D eigenvalue weighted by Crippen LogP contribution is -2.14. The SMILES string of the molecule is CC1(C)c2ccccc2-c2c(-c3c4ccccc4c(-c4cc(-c5ccccc5)cc(-c5ccccc5)c4)c4ccc(-c5ccccc5)cc34)cccc21. The molecule has 53 heavy (non-hydrogen) atoms. The second-order valence-electron chi connectivity index (χ2n) is 14.9. The summed E-state index contributed by atoms with van der Waals surface area (Å²) in [6.07, 6.45) is 0. The van der Waals surface area contributed by atoms with Gasteiger partial charge in [0.15, 0.2) is 0 Å². The van der Waals surface area contributed by atoms with Crippen molar-refractivity contribution in [3.8, 4) is 66.8 Å². The third kappa shape index (κ3) is 5.06. The van der Waals surface area contributed by atoms with Gasteiger partial charge in [-0.25, -0.2) is 0 Å². The van der Waals surface area contributed by atoms with Gasteiger partial charge < -0.3 is 0 Å². The monoisotopic (exact) mass is 674 g/mol. The first-order valence-electron chi connectivity index (χ1n) is 18.6. The van der Waals surface area contributed by atoms with Crippen LogP contribution in [0.2, 0.25) is 0 Å². The van der Waals surface area contributed by atoms with Gasteiger partial charge in [0.2, 0.25) is 0 Å². The van der Waals surface area contributed by atoms with Crippen LogP contribution in [0.5, 0.6) is 0 Å². The first-order chi connectivity index (χ1) is 26.1. The summed E-state index contributed by atoms with van der Waals surface area (Å²) in [5, 5.41) is 5.05. The Kier molecular flexibility index (Phi) is 7.27. The van der Waals surface area contributed by atoms with Crippen LogP contribution in [0.15, 0.2) is 194 Å². The standard InChI is InChI=1S/C53H38/c1-53(2)48-27-15-14-25-45(48)52-46(26-16-28-49(52)53)51-43-24-13-12-23-42(43)50(44-30-29-38(34-47(44)51)35-17-6-3-7-18-35)41-32-39(36-19-8-4-9-20-36)31-40(33-41)37-21-10-5-11-22-37/h3-34H,1-2H3. The molecule has 0 amide bonds. The van der Waals surface area contributed by atoms with E-state index in [0.29, 0.717) is 0 Å². The summed E-state index contributed by atoms with van der Waals surface area (Å²) in [6, 6.07) is 71.7. The van der Waals surface area contributed by atoms with Crippen molar-refractivity contribution in [3.05, 3.63) is 205 Å². The van der Waals surface area contributed by atoms with Crippen LogP contribution in [0.1, 0.15) is 25.0 Å². The molecule has 0 nitrogen and oxygen atoms in total. The first kappa shape index (κ1) is 31.3. The van der Waals surface area contributed by atoms with Gasteiger partial charge in [0.05, 0.1) is 0 Å². The molecule has 0 saturated carbocycles. The van der Waals surface area contributed by atoms with E-state index in [2.05, 4.69) is 208 Å². The van der Waals surface area contributed by atoms with Crippen LogP contribution >= 0.6 is 0 Å². The summed E-state index contributed by atoms with van der Waals surface area (Å²) in [7, 11) is 0. The predicted octanol–water partition coefficient (Wildman–Crippen LogP) is 14.6. The number of benzene rings is 9. The minimum absolute atomic E-state index is 0.0889. The Bertz CT molecular complexity index is 2770. The zero-order valence-corrected chi connectivity index (χ0v) is 30.0. The number of rotatable bonds is 5. The Balaban J connectivity index is 1.34. The topological polar surface area (TPSA) is 0 Å². The molecule has 9 aromatic carbocycles. The van der Waals surface area contributed by atoms with Crippen LogP contribution in [0.3, 0.4) is 0 Å². The Morgan fingerprint density at radius 3 is 1.38 bits per heavy atom. The van der Waals surface area contributed by atoms with Gasteiger partial charge in [-0.2, -0.15) is 0 Å². The molecule has 0 fully saturated rings. The molecule has 0 unspecified atom stereocenters. The van der Waals surface area contributed by atoms with Crippen molar-refractivity contribution in [3.63, 3.8) is 0 Å². The molecule has 9 aromatic rings. The fourth-order valence-corrected chi connectivity index (χ4v) is 8.92. The maximum absolute atomic E-state index is 2.44. The number of hydrogen-bond donors (Lipinski definition) is 0. The zero-order valence-electron chi connectivity index (χ0n) is 30.0. The van der Waals surface area contributed by atoms with Gasteiger partial charge in [-0.1, -0.05) is 184 Å². The van der Waals surface area contributed by atoms with Crippen LogP contribution < -0.4 is 0 Å². The molecule has 10 rings (SSSR count). The van der Waals surface area contributed by atoms with Crippen LogP contribution in [0.4, 0.5) is 0 Å². The van der Waals surface area contributed by atoms with Crippen molar-refractivity contribution in [2.24, 2.45) is 0 Å². The lowest BCUT2D eigenvalue weighted by Gasteiger charge is -2.23. The van der Waals surface area contributed by atoms with Crippen LogP contribution in [-0.4, -0.2) is 0 Å². The number of hydrogen-bond acceptors (Lipinski definition) is 0. The lowest BCUT2D eigenvalue weighted by molar-refractivity contribution is 0.660. The van der Waals surface area contributed by atoms with Crippen molar-refractivity contribution >= 4 is 21.5 Å². The van der Waals surface area contributed by atoms with Gasteiger partial charge in [-0.05, 0) is 124 Å². The van der Waals surface area contributed by atoms with Crippen molar-refractivity contribution in [1.82, 2.24) is 0 Å². The maximum atomic E-state index is 2.44. The fourth-order valence-electron chi connectivity index (χ4n) is 8.92. The van der Waals surface area contributed by atoms with Gasteiger partial charge in [-0.15, -0.1) is 0 Å². The summed E-state index contributed by atoms with van der Waals surface area (Å²) < 4.78 is 0. The van der Waals surface area contributed by atoms with E-state index >= 15 is 0 Å². The van der Waals surface area contributed by atoms with E-state index in [0.717, 1.165) is 0 Å². The first-order valence-corrected chi connectivity index (χ1v) is 18.6. The van der Waals surface area contributed by atoms with E-state index in [9.17, 15) is 0 Å². The molecule has 250 valence electrons. The Hall–Kier alpha value is -6.50. The highest BCUT2D eigenvalue weighted by molar-refractivity contribution is 6.23. The second kappa shape index (κ2) is 12.3. The molecule has 0 atom stereocenters. The van der Waals surface area contributed by atoms with Crippen molar-refractivity contribution < 1.29 is 0 Å². The molecular formula is C53H38. The molecule has 0 bridgehead atoms. The third-order valence-electron chi connectivity index (χ3n) is 11.4. The van der Waals surface area contributed by atoms with Crippen molar-refractivity contribution in [2.45, 2.75) is 19.3 Å². The van der Waals surface area contributed by atoms with Gasteiger partial charge in [0, 0.05) is 5.41 Å². The van der Waals surface area contributed by atoms with E-state index in [1.807, 2.05) is 0 Å². The Labute approximate surface area is 311 Å². The quantitative estimate of drug-likeness (QED) is 0.159. The lowest BCUT2D eigenvalue weighted by atomic mass is 9.80. The molecule has 0 saturated heterocycles. The van der Waals surface area contributed by atoms with E-state index < -0.39 is 0 Å². The summed E-state index contributed by atoms with van der Waals surface area (Å²) >= 11 is 0. The highest BCUT2D eigenvalue weighted by Gasteiger charge is 2.37. The van der Waals surface area contributed by atoms with Crippen LogP contribution in [0.25, 0.3) is 88.3 Å². The summed E-state index contributed by atoms with van der Waals surface area (Å²) in [4.78, 5) is 0. The van der Waals surface area contributed by atoms with E-state index in [1.165, 1.54) is 99.4 Å². The summed E-state index contributed by atoms with van der Waals surface area (Å²) in [5.41, 5.74) is 17.7. The molecule has 0 spiro atoms. The van der Waals surface area contributed by atoms with Gasteiger partial charge in [-0.3, -0.25) is 0 Å². The Morgan fingerprint density at radius 2 is 0.736 bits per heavy atom. The molecule has 1 aliphatic carbocycles. The average molecular weight is 675 g/mol. The second-order valence-corrected chi connectivity index (χ2v) is 14.9. The molecule has 0 heteroatoms. The molecule has 0 aromatic heterocycles. The van der Waals surface area contributed by atoms with E-state index in [-0.39, 0.29) is 5.41 Å². The predicted molar refractivity (Wildman–Crippen MR) is 226 cm³/mol. The smallest absolute Gasteiger partial charge is 0.0159 e. The molecule has 0 heterocycles. The van der Waals surface area contributed by atoms with Crippen LogP contribution in [0, 0.1) is 0 Å². The normalized spacial score (nSPS) is 12.9. The molecule has 0 aliphatic heterocycles. The molecular weight excluding hydrogens is 637 g/mol. The third-order valence-corrected chi connectivity index (χ3v) is 11.4. The molecule has 1 aliphatic rings. The summed E-state index contributed by atoms with van der Waals surface area (Å²) in [5.74, 6) is 0. The Morgan fingerprint density at radius 1 is 0.264 bits per heavy atom. The van der Waals surface area contributed by atoms with Gasteiger partial charge >= 0.3 is 0 Å². The minimum Gasteiger partial charge on any atom is -0.0622 e. The average Bonchev–Trinajstić information content (AvgIpc) is 3.46. The van der Waals surface area contributed by atoms with Crippen molar-refractivity contribution in [2.75, 3.05) is 0 Å². The molecule has 0 N–H and O–H groups in total. The maximum Gasteiger partial charge on any atom is 0.0159 e. The van der Waals surface area contributed by atoms with Gasteiger partial charge in [0.25, 0.3) is 0 Å². The van der Waals surface area contributed by atoms with E-state index in [4.69, 9.17) is 0 Å². The minimum atomic E-state index is -0.0889. The van der Waals surface area contributed by atoms with Gasteiger partial charge in [0.1, 0.15) is 0 Å². The van der Waals surface area contributed by atoms with Crippen LogP contribution in [-0.2, 0) is 5.41 Å². The highest BCUT2D eigenvalue weighted by atomic mass is 14.4. The summed E-state index contributed by atoms with van der Waals surface area (Å²) in [6.45, 7) is 4.75. The molecule has 0 radical (unpaired) electrons. The number of fused-ring (bicyclic) bond motifs is 5. The largest absolute Gasteiger partial charge is 0.0622 e. The zero-order chi connectivity index (χ0) is 35.5.